The largest absolute Gasteiger partial charge is 0.393 e. The summed E-state index contributed by atoms with van der Waals surface area (Å²) in [6.07, 6.45) is 3.80. The van der Waals surface area contributed by atoms with E-state index in [1.807, 2.05) is 0 Å². The molecule has 0 N–H and O–H groups in total. The second-order valence-electron chi connectivity index (χ2n) is 5.00. The maximum atomic E-state index is 10.0. The normalized spacial score (nSPS) is 21.6. The molecule has 0 bridgehead atoms. The van der Waals surface area contributed by atoms with Crippen LogP contribution >= 0.6 is 0 Å². The van der Waals surface area contributed by atoms with Crippen molar-refractivity contribution in [2.45, 2.75) is 25.8 Å². The van der Waals surface area contributed by atoms with Crippen LogP contribution in [0.4, 0.5) is 0 Å². The fourth-order valence-corrected chi connectivity index (χ4v) is 1.67. The lowest BCUT2D eigenvalue weighted by Gasteiger charge is -2.11. The third-order valence-corrected chi connectivity index (χ3v) is 3.09. The molecule has 112 valence electrons. The Morgan fingerprint density at radius 1 is 1.10 bits per heavy atom. The van der Waals surface area contributed by atoms with Crippen LogP contribution in [0.2, 0.25) is 0 Å². The molecule has 0 radical (unpaired) electrons. The average Bonchev–Trinajstić information content (AvgIpc) is 3.31. The third kappa shape index (κ3) is 7.86. The number of carbonyl (C=O) groups excluding carboxylic acids is 2. The Hall–Kier alpha value is -1.46. The van der Waals surface area contributed by atoms with Gasteiger partial charge in [-0.25, -0.2) is 0 Å². The molecule has 0 spiro atoms. The highest BCUT2D eigenvalue weighted by Crippen LogP contribution is 2.14. The van der Waals surface area contributed by atoms with Gasteiger partial charge in [0.2, 0.25) is 0 Å². The molecule has 5 heteroatoms. The van der Waals surface area contributed by atoms with Gasteiger partial charge in [-0.1, -0.05) is 25.3 Å². The van der Waals surface area contributed by atoms with Gasteiger partial charge in [0, 0.05) is 38.8 Å². The van der Waals surface area contributed by atoms with Crippen molar-refractivity contribution in [1.29, 1.82) is 0 Å². The van der Waals surface area contributed by atoms with Crippen molar-refractivity contribution in [2.75, 3.05) is 32.7 Å². The molecule has 0 amide bonds. The van der Waals surface area contributed by atoms with Crippen molar-refractivity contribution in [3.05, 3.63) is 25.3 Å². The van der Waals surface area contributed by atoms with Crippen molar-refractivity contribution in [3.8, 4) is 0 Å². The molecule has 3 aliphatic rings. The van der Waals surface area contributed by atoms with Crippen LogP contribution in [0.5, 0.6) is 0 Å². The van der Waals surface area contributed by atoms with Crippen LogP contribution in [0.15, 0.2) is 25.3 Å². The Labute approximate surface area is 120 Å². The maximum absolute atomic E-state index is 10.0. The van der Waals surface area contributed by atoms with Crippen LogP contribution < -0.4 is 0 Å². The quantitative estimate of drug-likeness (QED) is 0.335. The Bertz CT molecular complexity index is 340. The Morgan fingerprint density at radius 3 is 1.85 bits per heavy atom. The summed E-state index contributed by atoms with van der Waals surface area (Å²) in [6.45, 7) is 15.7. The average molecular weight is 280 g/mol. The molecule has 5 nitrogen and oxygen atoms in total. The zero-order valence-electron chi connectivity index (χ0n) is 12.2. The molecular formula is C15H24N2O3. The molecule has 3 aliphatic heterocycles. The number of hydrogen-bond acceptors (Lipinski definition) is 5. The van der Waals surface area contributed by atoms with Crippen molar-refractivity contribution in [1.82, 2.24) is 9.80 Å². The minimum atomic E-state index is -0.398. The van der Waals surface area contributed by atoms with Crippen molar-refractivity contribution in [3.63, 3.8) is 0 Å². The van der Waals surface area contributed by atoms with E-state index in [9.17, 15) is 9.59 Å². The van der Waals surface area contributed by atoms with E-state index in [1.165, 1.54) is 32.7 Å². The minimum Gasteiger partial charge on any atom is -0.393 e. The molecule has 20 heavy (non-hydrogen) atoms. The van der Waals surface area contributed by atoms with E-state index in [0.717, 1.165) is 6.04 Å². The van der Waals surface area contributed by atoms with E-state index in [-0.39, 0.29) is 12.8 Å². The smallest absolute Gasteiger partial charge is 0.314 e. The van der Waals surface area contributed by atoms with Gasteiger partial charge in [0.15, 0.2) is 0 Å². The van der Waals surface area contributed by atoms with E-state index < -0.39 is 11.9 Å². The van der Waals surface area contributed by atoms with Gasteiger partial charge in [0.25, 0.3) is 0 Å². The molecule has 3 rings (SSSR count). The van der Waals surface area contributed by atoms with Gasteiger partial charge in [-0.2, -0.15) is 0 Å². The molecule has 0 aliphatic carbocycles. The highest BCUT2D eigenvalue weighted by molar-refractivity contribution is 5.92. The number of ether oxygens (including phenoxy) is 1. The summed E-state index contributed by atoms with van der Waals surface area (Å²) in [4.78, 5) is 25.0. The number of esters is 2. The summed E-state index contributed by atoms with van der Waals surface area (Å²) in [5, 5.41) is 0. The van der Waals surface area contributed by atoms with Gasteiger partial charge >= 0.3 is 11.9 Å². The molecule has 1 unspecified atom stereocenters. The van der Waals surface area contributed by atoms with Crippen molar-refractivity contribution in [2.24, 2.45) is 0 Å². The summed E-state index contributed by atoms with van der Waals surface area (Å²) in [5.41, 5.74) is 0. The molecule has 1 atom stereocenters. The summed E-state index contributed by atoms with van der Waals surface area (Å²) in [6, 6.07) is 0.826. The summed E-state index contributed by atoms with van der Waals surface area (Å²) in [7, 11) is 0. The summed E-state index contributed by atoms with van der Waals surface area (Å²) < 4.78 is 4.08. The lowest BCUT2D eigenvalue weighted by atomic mass is 10.3. The molecule has 0 aromatic heterocycles. The molecule has 3 heterocycles. The Kier molecular flexibility index (Phi) is 7.18. The molecule has 0 aromatic rings. The van der Waals surface area contributed by atoms with Gasteiger partial charge in [-0.3, -0.25) is 19.4 Å². The highest BCUT2D eigenvalue weighted by Gasteiger charge is 2.28. The second-order valence-corrected chi connectivity index (χ2v) is 5.00. The first-order valence-corrected chi connectivity index (χ1v) is 7.00. The zero-order valence-corrected chi connectivity index (χ0v) is 12.2. The van der Waals surface area contributed by atoms with Crippen LogP contribution in [0.3, 0.4) is 0 Å². The number of rotatable bonds is 4. The minimum absolute atomic E-state index is 0.263. The predicted octanol–water partition coefficient (Wildman–Crippen LogP) is 1.21. The van der Waals surface area contributed by atoms with Crippen LogP contribution in [0, 0.1) is 0 Å². The molecule has 3 fully saturated rings. The maximum Gasteiger partial charge on any atom is 0.314 e. The number of nitrogens with zero attached hydrogens (tertiary/aromatic N) is 2. The van der Waals surface area contributed by atoms with Crippen LogP contribution in [0.1, 0.15) is 19.8 Å². The van der Waals surface area contributed by atoms with E-state index >= 15 is 0 Å². The fourth-order valence-electron chi connectivity index (χ4n) is 1.67. The molecule has 3 saturated heterocycles. The number of carbonyl (C=O) groups is 2. The van der Waals surface area contributed by atoms with E-state index in [2.05, 4.69) is 34.6 Å². The predicted molar refractivity (Wildman–Crippen MR) is 78.2 cm³/mol. The molecule has 0 aromatic carbocycles. The van der Waals surface area contributed by atoms with Gasteiger partial charge in [-0.15, -0.1) is 0 Å². The van der Waals surface area contributed by atoms with Gasteiger partial charge in [0.05, 0.1) is 12.8 Å². The second kappa shape index (κ2) is 8.66. The SMILES string of the molecule is C=CC=C.CC(CN1CC1)N1CC1.O=C1CCC(=O)O1. The monoisotopic (exact) mass is 280 g/mol. The summed E-state index contributed by atoms with van der Waals surface area (Å²) in [5.74, 6) is -0.796. The first kappa shape index (κ1) is 16.6. The third-order valence-electron chi connectivity index (χ3n) is 3.09. The zero-order chi connectivity index (χ0) is 15.0. The molecule has 0 saturated carbocycles. The standard InChI is InChI=1S/C7H14N2.C4H4O3.C4H6/c1-7(9-4-5-9)6-8-2-3-8;5-3-1-2-4(6)7-3;1-3-4-2/h7H,2-6H2,1H3;1-2H2;3-4H,1-2H2. The van der Waals surface area contributed by atoms with Crippen LogP contribution in [0.25, 0.3) is 0 Å². The van der Waals surface area contributed by atoms with E-state index in [1.54, 1.807) is 12.2 Å². The number of hydrogen-bond donors (Lipinski definition) is 0. The number of allylic oxidation sites excluding steroid dienone is 2. The fraction of sp³-hybridized carbons (Fsp3) is 0.600. The van der Waals surface area contributed by atoms with Gasteiger partial charge < -0.3 is 4.74 Å². The Morgan fingerprint density at radius 2 is 1.60 bits per heavy atom. The topological polar surface area (TPSA) is 49.4 Å². The first-order valence-electron chi connectivity index (χ1n) is 7.00. The lowest BCUT2D eigenvalue weighted by Crippen LogP contribution is -2.23. The first-order chi connectivity index (χ1) is 9.56. The van der Waals surface area contributed by atoms with Crippen molar-refractivity contribution < 1.29 is 14.3 Å². The van der Waals surface area contributed by atoms with Gasteiger partial charge in [0.1, 0.15) is 0 Å². The summed E-state index contributed by atoms with van der Waals surface area (Å²) >= 11 is 0. The van der Waals surface area contributed by atoms with Crippen LogP contribution in [-0.4, -0.2) is 60.5 Å². The van der Waals surface area contributed by atoms with E-state index in [0.29, 0.717) is 0 Å². The Balaban J connectivity index is 0.000000164. The van der Waals surface area contributed by atoms with Crippen LogP contribution in [-0.2, 0) is 14.3 Å². The van der Waals surface area contributed by atoms with Crippen molar-refractivity contribution >= 4 is 11.9 Å². The van der Waals surface area contributed by atoms with E-state index in [4.69, 9.17) is 0 Å². The van der Waals surface area contributed by atoms with Gasteiger partial charge in [-0.05, 0) is 6.92 Å². The lowest BCUT2D eigenvalue weighted by molar-refractivity contribution is -0.151. The molecular weight excluding hydrogens is 256 g/mol. The highest BCUT2D eigenvalue weighted by atomic mass is 16.6. The number of cyclic esters (lactones) is 2.